The lowest BCUT2D eigenvalue weighted by molar-refractivity contribution is -0.127. The summed E-state index contributed by atoms with van der Waals surface area (Å²) in [4.78, 5) is 12.9. The Hall–Kier alpha value is -1.27. The summed E-state index contributed by atoms with van der Waals surface area (Å²) >= 11 is 19.1. The average molecular weight is 392 g/mol. The number of benzene rings is 1. The quantitative estimate of drug-likeness (QED) is 0.575. The monoisotopic (exact) mass is 390 g/mol. The van der Waals surface area contributed by atoms with Crippen LogP contribution in [0.3, 0.4) is 0 Å². The zero-order valence-corrected chi connectivity index (χ0v) is 15.4. The van der Waals surface area contributed by atoms with Crippen molar-refractivity contribution in [1.29, 1.82) is 0 Å². The SMILES string of the molecule is C/C(=N\NC(=O)C(C)Oc1ccc(Cl)cc1Cl)c1ccc(Cl)s1. The van der Waals surface area contributed by atoms with Gasteiger partial charge in [-0.2, -0.15) is 5.10 Å². The molecule has 0 spiro atoms. The molecule has 1 amide bonds. The maximum atomic E-state index is 12.0. The third-order valence-electron chi connectivity index (χ3n) is 2.83. The van der Waals surface area contributed by atoms with Crippen molar-refractivity contribution < 1.29 is 9.53 Å². The fourth-order valence-electron chi connectivity index (χ4n) is 1.61. The zero-order chi connectivity index (χ0) is 17.0. The normalized spacial score (nSPS) is 12.8. The molecule has 23 heavy (non-hydrogen) atoms. The molecule has 0 aliphatic rings. The molecule has 1 N–H and O–H groups in total. The van der Waals surface area contributed by atoms with E-state index < -0.39 is 12.0 Å². The molecule has 0 fully saturated rings. The van der Waals surface area contributed by atoms with Gasteiger partial charge in [-0.05, 0) is 44.2 Å². The minimum absolute atomic E-state index is 0.338. The first-order chi connectivity index (χ1) is 10.9. The van der Waals surface area contributed by atoms with Gasteiger partial charge >= 0.3 is 0 Å². The fraction of sp³-hybridized carbons (Fsp3) is 0.200. The predicted molar refractivity (Wildman–Crippen MR) is 96.2 cm³/mol. The highest BCUT2D eigenvalue weighted by molar-refractivity contribution is 7.18. The van der Waals surface area contributed by atoms with Gasteiger partial charge in [0.2, 0.25) is 0 Å². The van der Waals surface area contributed by atoms with Crippen molar-refractivity contribution >= 4 is 57.8 Å². The van der Waals surface area contributed by atoms with E-state index in [1.807, 2.05) is 6.07 Å². The minimum atomic E-state index is -0.767. The number of thiophene rings is 1. The fourth-order valence-corrected chi connectivity index (χ4v) is 3.05. The van der Waals surface area contributed by atoms with Gasteiger partial charge in [-0.25, -0.2) is 5.43 Å². The topological polar surface area (TPSA) is 50.7 Å². The molecule has 122 valence electrons. The van der Waals surface area contributed by atoms with E-state index in [0.29, 0.717) is 25.8 Å². The summed E-state index contributed by atoms with van der Waals surface area (Å²) in [5.74, 6) is -0.0116. The van der Waals surface area contributed by atoms with E-state index in [-0.39, 0.29) is 0 Å². The Morgan fingerprint density at radius 1 is 1.26 bits per heavy atom. The Morgan fingerprint density at radius 2 is 2.00 bits per heavy atom. The number of nitrogens with zero attached hydrogens (tertiary/aromatic N) is 1. The molecule has 0 saturated carbocycles. The smallest absolute Gasteiger partial charge is 0.280 e. The first kappa shape index (κ1) is 18.1. The van der Waals surface area contributed by atoms with Crippen molar-refractivity contribution in [2.45, 2.75) is 20.0 Å². The first-order valence-electron chi connectivity index (χ1n) is 6.58. The Bertz CT molecular complexity index is 746. The molecule has 2 aromatic rings. The van der Waals surface area contributed by atoms with Crippen molar-refractivity contribution in [2.24, 2.45) is 5.10 Å². The molecule has 0 aliphatic carbocycles. The van der Waals surface area contributed by atoms with Gasteiger partial charge < -0.3 is 4.74 Å². The number of ether oxygens (including phenoxy) is 1. The summed E-state index contributed by atoms with van der Waals surface area (Å²) in [6.07, 6.45) is -0.767. The lowest BCUT2D eigenvalue weighted by Crippen LogP contribution is -2.34. The van der Waals surface area contributed by atoms with E-state index in [0.717, 1.165) is 4.88 Å². The molecule has 1 heterocycles. The number of hydrogen-bond acceptors (Lipinski definition) is 4. The largest absolute Gasteiger partial charge is 0.479 e. The number of carbonyl (C=O) groups excluding carboxylic acids is 1. The minimum Gasteiger partial charge on any atom is -0.479 e. The molecule has 8 heteroatoms. The van der Waals surface area contributed by atoms with E-state index in [2.05, 4.69) is 10.5 Å². The molecule has 1 unspecified atom stereocenters. The lowest BCUT2D eigenvalue weighted by atomic mass is 10.3. The number of hydrazone groups is 1. The summed E-state index contributed by atoms with van der Waals surface area (Å²) in [6.45, 7) is 3.39. The van der Waals surface area contributed by atoms with Crippen molar-refractivity contribution in [2.75, 3.05) is 0 Å². The van der Waals surface area contributed by atoms with Crippen molar-refractivity contribution in [1.82, 2.24) is 5.43 Å². The van der Waals surface area contributed by atoms with Crippen LogP contribution in [0.2, 0.25) is 14.4 Å². The number of hydrogen-bond donors (Lipinski definition) is 1. The van der Waals surface area contributed by atoms with Gasteiger partial charge in [0.25, 0.3) is 5.91 Å². The van der Waals surface area contributed by atoms with Crippen LogP contribution in [0.5, 0.6) is 5.75 Å². The van der Waals surface area contributed by atoms with Crippen LogP contribution < -0.4 is 10.2 Å². The number of rotatable bonds is 5. The van der Waals surface area contributed by atoms with E-state index >= 15 is 0 Å². The Kier molecular flexibility index (Phi) is 6.30. The molecule has 1 aromatic carbocycles. The third kappa shape index (κ3) is 5.11. The number of amides is 1. The van der Waals surface area contributed by atoms with E-state index in [1.165, 1.54) is 11.3 Å². The standard InChI is InChI=1S/C15H13Cl3N2O2S/c1-8(13-5-6-14(18)23-13)19-20-15(21)9(2)22-12-4-3-10(16)7-11(12)17/h3-7,9H,1-2H3,(H,20,21)/b19-8+. The van der Waals surface area contributed by atoms with Crippen LogP contribution in [-0.2, 0) is 4.79 Å². The second-order valence-corrected chi connectivity index (χ2v) is 7.17. The van der Waals surface area contributed by atoms with Gasteiger partial charge in [-0.3, -0.25) is 4.79 Å². The van der Waals surface area contributed by atoms with Crippen LogP contribution in [-0.4, -0.2) is 17.7 Å². The molecule has 0 bridgehead atoms. The summed E-state index contributed by atoms with van der Waals surface area (Å²) in [6, 6.07) is 8.40. The van der Waals surface area contributed by atoms with Crippen LogP contribution in [0.1, 0.15) is 18.7 Å². The van der Waals surface area contributed by atoms with Gasteiger partial charge in [-0.15, -0.1) is 11.3 Å². The van der Waals surface area contributed by atoms with Crippen LogP contribution in [0.4, 0.5) is 0 Å². The lowest BCUT2D eigenvalue weighted by Gasteiger charge is -2.14. The van der Waals surface area contributed by atoms with Crippen LogP contribution in [0.15, 0.2) is 35.4 Å². The highest BCUT2D eigenvalue weighted by Gasteiger charge is 2.16. The molecule has 1 atom stereocenters. The van der Waals surface area contributed by atoms with Crippen molar-refractivity contribution in [3.05, 3.63) is 49.6 Å². The maximum absolute atomic E-state index is 12.0. The van der Waals surface area contributed by atoms with Crippen LogP contribution in [0.25, 0.3) is 0 Å². The van der Waals surface area contributed by atoms with E-state index in [1.54, 1.807) is 38.1 Å². The molecular weight excluding hydrogens is 379 g/mol. The van der Waals surface area contributed by atoms with E-state index in [9.17, 15) is 4.79 Å². The molecule has 1 aromatic heterocycles. The zero-order valence-electron chi connectivity index (χ0n) is 12.3. The number of nitrogens with one attached hydrogen (secondary N) is 1. The Labute approximate surface area is 153 Å². The summed E-state index contributed by atoms with van der Waals surface area (Å²) in [5, 5.41) is 4.87. The highest BCUT2D eigenvalue weighted by Crippen LogP contribution is 2.28. The van der Waals surface area contributed by atoms with Gasteiger partial charge in [0.15, 0.2) is 6.10 Å². The molecule has 0 saturated heterocycles. The van der Waals surface area contributed by atoms with E-state index in [4.69, 9.17) is 39.5 Å². The molecule has 0 aliphatic heterocycles. The third-order valence-corrected chi connectivity index (χ3v) is 4.70. The van der Waals surface area contributed by atoms with Crippen LogP contribution >= 0.6 is 46.1 Å². The van der Waals surface area contributed by atoms with Gasteiger partial charge in [0.05, 0.1) is 19.9 Å². The Morgan fingerprint density at radius 3 is 2.61 bits per heavy atom. The van der Waals surface area contributed by atoms with Crippen LogP contribution in [0, 0.1) is 0 Å². The number of carbonyl (C=O) groups is 1. The highest BCUT2D eigenvalue weighted by atomic mass is 35.5. The number of halogens is 3. The van der Waals surface area contributed by atoms with Gasteiger partial charge in [0.1, 0.15) is 5.75 Å². The molecule has 2 rings (SSSR count). The van der Waals surface area contributed by atoms with Gasteiger partial charge in [0, 0.05) is 5.02 Å². The predicted octanol–water partition coefficient (Wildman–Crippen LogP) is 5.02. The Balaban J connectivity index is 1.97. The second kappa shape index (κ2) is 8.02. The summed E-state index contributed by atoms with van der Waals surface area (Å²) < 4.78 is 6.18. The van der Waals surface area contributed by atoms with Gasteiger partial charge in [-0.1, -0.05) is 34.8 Å². The van der Waals surface area contributed by atoms with Crippen molar-refractivity contribution in [3.63, 3.8) is 0 Å². The molecule has 0 radical (unpaired) electrons. The molecule has 4 nitrogen and oxygen atoms in total. The summed E-state index contributed by atoms with van der Waals surface area (Å²) in [5.41, 5.74) is 3.12. The maximum Gasteiger partial charge on any atom is 0.280 e. The first-order valence-corrected chi connectivity index (χ1v) is 8.53. The van der Waals surface area contributed by atoms with Crippen molar-refractivity contribution in [3.8, 4) is 5.75 Å². The summed E-state index contributed by atoms with van der Waals surface area (Å²) in [7, 11) is 0. The second-order valence-electron chi connectivity index (χ2n) is 4.61. The molecular formula is C15H13Cl3N2O2S. The average Bonchev–Trinajstić information content (AvgIpc) is 2.93.